The molecule has 1 saturated heterocycles. The van der Waals surface area contributed by atoms with Gasteiger partial charge in [-0.15, -0.1) is 0 Å². The van der Waals surface area contributed by atoms with Gasteiger partial charge in [-0.25, -0.2) is 4.39 Å². The van der Waals surface area contributed by atoms with Crippen LogP contribution in [0.4, 0.5) is 10.1 Å². The molecule has 0 bridgehead atoms. The average molecular weight is 221 g/mol. The molecule has 0 aliphatic carbocycles. The van der Waals surface area contributed by atoms with Crippen LogP contribution in [0.15, 0.2) is 24.8 Å². The smallest absolute Gasteiger partial charge is 0.146 e. The predicted octanol–water partition coefficient (Wildman–Crippen LogP) is 2.70. The second-order valence-electron chi connectivity index (χ2n) is 4.05. The van der Waals surface area contributed by atoms with Crippen LogP contribution in [0.3, 0.4) is 0 Å². The van der Waals surface area contributed by atoms with Gasteiger partial charge in [-0.2, -0.15) is 0 Å². The fraction of sp³-hybridized carbons (Fsp3) is 0.385. The molecule has 16 heavy (non-hydrogen) atoms. The van der Waals surface area contributed by atoms with Gasteiger partial charge in [0.25, 0.3) is 0 Å². The van der Waals surface area contributed by atoms with Crippen molar-refractivity contribution in [3.63, 3.8) is 0 Å². The van der Waals surface area contributed by atoms with Gasteiger partial charge in [0.05, 0.1) is 18.9 Å². The highest BCUT2D eigenvalue weighted by Gasteiger charge is 2.15. The van der Waals surface area contributed by atoms with Crippen LogP contribution in [0.2, 0.25) is 0 Å². The Kier molecular flexibility index (Phi) is 3.25. The number of nitrogens with zero attached hydrogens (tertiary/aromatic N) is 1. The number of hydrogen-bond donors (Lipinski definition) is 0. The fourth-order valence-corrected chi connectivity index (χ4v) is 1.82. The molecule has 1 aliphatic heterocycles. The lowest BCUT2D eigenvalue weighted by Gasteiger charge is -2.29. The summed E-state index contributed by atoms with van der Waals surface area (Å²) in [5.74, 6) is -0.174. The van der Waals surface area contributed by atoms with E-state index in [1.54, 1.807) is 6.07 Å². The van der Waals surface area contributed by atoms with Crippen molar-refractivity contribution < 1.29 is 9.13 Å². The van der Waals surface area contributed by atoms with Crippen LogP contribution in [0.5, 0.6) is 0 Å². The highest BCUT2D eigenvalue weighted by molar-refractivity contribution is 5.66. The minimum Gasteiger partial charge on any atom is -0.378 e. The number of ether oxygens (including phenoxy) is 1. The van der Waals surface area contributed by atoms with Gasteiger partial charge in [-0.1, -0.05) is 18.2 Å². The number of rotatable bonds is 2. The highest BCUT2D eigenvalue weighted by atomic mass is 19.1. The second-order valence-corrected chi connectivity index (χ2v) is 4.05. The first kappa shape index (κ1) is 11.1. The number of allylic oxidation sites excluding steroid dienone is 1. The monoisotopic (exact) mass is 221 g/mol. The molecule has 2 nitrogen and oxygen atoms in total. The molecule has 0 N–H and O–H groups in total. The van der Waals surface area contributed by atoms with E-state index in [4.69, 9.17) is 4.74 Å². The van der Waals surface area contributed by atoms with Gasteiger partial charge in [-0.05, 0) is 24.6 Å². The molecule has 86 valence electrons. The summed E-state index contributed by atoms with van der Waals surface area (Å²) in [5.41, 5.74) is 2.60. The molecule has 0 unspecified atom stereocenters. The van der Waals surface area contributed by atoms with Crippen molar-refractivity contribution in [3.05, 3.63) is 36.2 Å². The third-order valence-corrected chi connectivity index (χ3v) is 2.79. The summed E-state index contributed by atoms with van der Waals surface area (Å²) in [6.07, 6.45) is 0. The Hall–Kier alpha value is -1.35. The van der Waals surface area contributed by atoms with E-state index in [1.807, 2.05) is 17.9 Å². The maximum Gasteiger partial charge on any atom is 0.146 e. The van der Waals surface area contributed by atoms with Crippen molar-refractivity contribution >= 4 is 11.3 Å². The number of halogens is 1. The largest absolute Gasteiger partial charge is 0.378 e. The Balaban J connectivity index is 2.30. The molecule has 1 aliphatic rings. The molecule has 1 aromatic rings. The quantitative estimate of drug-likeness (QED) is 0.761. The molecular formula is C13H16FNO. The van der Waals surface area contributed by atoms with Crippen molar-refractivity contribution in [2.45, 2.75) is 6.92 Å². The molecule has 3 heteroatoms. The normalized spacial score (nSPS) is 16.2. The Bertz CT molecular complexity index is 397. The van der Waals surface area contributed by atoms with E-state index >= 15 is 0 Å². The van der Waals surface area contributed by atoms with E-state index in [-0.39, 0.29) is 5.82 Å². The van der Waals surface area contributed by atoms with Gasteiger partial charge in [0.15, 0.2) is 0 Å². The zero-order chi connectivity index (χ0) is 11.5. The first-order chi connectivity index (χ1) is 7.68. The first-order valence-electron chi connectivity index (χ1n) is 5.46. The minimum absolute atomic E-state index is 0.174. The highest BCUT2D eigenvalue weighted by Crippen LogP contribution is 2.24. The van der Waals surface area contributed by atoms with Crippen molar-refractivity contribution in [2.75, 3.05) is 31.2 Å². The summed E-state index contributed by atoms with van der Waals surface area (Å²) in [6, 6.07) is 5.14. The molecule has 0 atom stereocenters. The van der Waals surface area contributed by atoms with Crippen LogP contribution in [0.1, 0.15) is 12.5 Å². The number of benzene rings is 1. The van der Waals surface area contributed by atoms with Gasteiger partial charge in [0, 0.05) is 13.1 Å². The lowest BCUT2D eigenvalue weighted by molar-refractivity contribution is 0.122. The van der Waals surface area contributed by atoms with Crippen LogP contribution in [-0.4, -0.2) is 26.3 Å². The third-order valence-electron chi connectivity index (χ3n) is 2.79. The molecule has 0 radical (unpaired) electrons. The molecule has 1 aromatic carbocycles. The standard InChI is InChI=1S/C13H16FNO/c1-10(2)11-3-4-12(14)13(9-11)15-5-7-16-8-6-15/h3-4,9H,1,5-8H2,2H3. The van der Waals surface area contributed by atoms with Crippen LogP contribution in [0, 0.1) is 5.82 Å². The van der Waals surface area contributed by atoms with Crippen molar-refractivity contribution in [2.24, 2.45) is 0 Å². The van der Waals surface area contributed by atoms with E-state index < -0.39 is 0 Å². The molecule has 0 spiro atoms. The zero-order valence-corrected chi connectivity index (χ0v) is 9.50. The minimum atomic E-state index is -0.174. The summed E-state index contributed by atoms with van der Waals surface area (Å²) in [4.78, 5) is 2.02. The lowest BCUT2D eigenvalue weighted by atomic mass is 10.1. The van der Waals surface area contributed by atoms with E-state index in [0.29, 0.717) is 18.9 Å². The Morgan fingerprint density at radius 3 is 2.69 bits per heavy atom. The van der Waals surface area contributed by atoms with Crippen molar-refractivity contribution in [1.82, 2.24) is 0 Å². The van der Waals surface area contributed by atoms with Crippen molar-refractivity contribution in [3.8, 4) is 0 Å². The average Bonchev–Trinajstić information content (AvgIpc) is 2.30. The van der Waals surface area contributed by atoms with E-state index in [1.165, 1.54) is 6.07 Å². The number of hydrogen-bond acceptors (Lipinski definition) is 2. The molecule has 0 amide bonds. The van der Waals surface area contributed by atoms with E-state index in [9.17, 15) is 4.39 Å². The van der Waals surface area contributed by atoms with Crippen LogP contribution in [-0.2, 0) is 4.74 Å². The molecule has 1 heterocycles. The van der Waals surface area contributed by atoms with Gasteiger partial charge < -0.3 is 9.64 Å². The molecule has 0 saturated carbocycles. The second kappa shape index (κ2) is 4.66. The Morgan fingerprint density at radius 2 is 2.06 bits per heavy atom. The summed E-state index contributed by atoms with van der Waals surface area (Å²) >= 11 is 0. The van der Waals surface area contributed by atoms with E-state index in [2.05, 4.69) is 6.58 Å². The molecular weight excluding hydrogens is 205 g/mol. The van der Waals surface area contributed by atoms with Crippen LogP contribution < -0.4 is 4.90 Å². The maximum atomic E-state index is 13.7. The predicted molar refractivity (Wildman–Crippen MR) is 64.1 cm³/mol. The topological polar surface area (TPSA) is 12.5 Å². The zero-order valence-electron chi connectivity index (χ0n) is 9.50. The molecule has 0 aromatic heterocycles. The SMILES string of the molecule is C=C(C)c1ccc(F)c(N2CCOCC2)c1. The van der Waals surface area contributed by atoms with Crippen molar-refractivity contribution in [1.29, 1.82) is 0 Å². The lowest BCUT2D eigenvalue weighted by Crippen LogP contribution is -2.36. The summed E-state index contributed by atoms with van der Waals surface area (Å²) < 4.78 is 19.0. The van der Waals surface area contributed by atoms with Crippen LogP contribution >= 0.6 is 0 Å². The molecule has 2 rings (SSSR count). The Morgan fingerprint density at radius 1 is 1.38 bits per heavy atom. The fourth-order valence-electron chi connectivity index (χ4n) is 1.82. The van der Waals surface area contributed by atoms with Gasteiger partial charge in [0.2, 0.25) is 0 Å². The maximum absolute atomic E-state index is 13.7. The summed E-state index contributed by atoms with van der Waals surface area (Å²) in [7, 11) is 0. The van der Waals surface area contributed by atoms with Gasteiger partial charge in [-0.3, -0.25) is 0 Å². The molecule has 1 fully saturated rings. The Labute approximate surface area is 95.3 Å². The van der Waals surface area contributed by atoms with Gasteiger partial charge in [0.1, 0.15) is 5.82 Å². The first-order valence-corrected chi connectivity index (χ1v) is 5.46. The van der Waals surface area contributed by atoms with Crippen LogP contribution in [0.25, 0.3) is 5.57 Å². The van der Waals surface area contributed by atoms with E-state index in [0.717, 1.165) is 24.2 Å². The number of anilines is 1. The third kappa shape index (κ3) is 2.25. The summed E-state index contributed by atoms with van der Waals surface area (Å²) in [5, 5.41) is 0. The van der Waals surface area contributed by atoms with Gasteiger partial charge >= 0.3 is 0 Å². The number of morpholine rings is 1. The summed E-state index contributed by atoms with van der Waals surface area (Å²) in [6.45, 7) is 8.62.